The van der Waals surface area contributed by atoms with Crippen molar-refractivity contribution in [1.29, 1.82) is 0 Å². The molecule has 10 nitrogen and oxygen atoms in total. The van der Waals surface area contributed by atoms with Gasteiger partial charge in [0.05, 0.1) is 17.4 Å². The second-order valence-corrected chi connectivity index (χ2v) is 8.96. The number of likely N-dealkylation sites (N-methyl/N-ethyl adjacent to an activating group) is 1. The van der Waals surface area contributed by atoms with E-state index in [1.165, 1.54) is 12.4 Å². The lowest BCUT2D eigenvalue weighted by Gasteiger charge is -2.36. The zero-order valence-electron chi connectivity index (χ0n) is 19.6. The quantitative estimate of drug-likeness (QED) is 0.430. The molecule has 0 amide bonds. The molecule has 5 rings (SSSR count). The molecule has 0 saturated carbocycles. The van der Waals surface area contributed by atoms with E-state index in [4.69, 9.17) is 10.2 Å². The molecular weight excluding hydrogens is 477 g/mol. The molecule has 0 aliphatic carbocycles. The van der Waals surface area contributed by atoms with E-state index in [0.717, 1.165) is 6.07 Å². The first kappa shape index (κ1) is 23.9. The van der Waals surface area contributed by atoms with Gasteiger partial charge in [-0.2, -0.15) is 13.2 Å². The van der Waals surface area contributed by atoms with E-state index in [2.05, 4.69) is 30.5 Å². The van der Waals surface area contributed by atoms with E-state index in [1.54, 1.807) is 30.0 Å². The summed E-state index contributed by atoms with van der Waals surface area (Å²) in [4.78, 5) is 26.2. The van der Waals surface area contributed by atoms with Crippen molar-refractivity contribution >= 4 is 28.6 Å². The Bertz CT molecular complexity index is 1420. The third-order valence-electron chi connectivity index (χ3n) is 6.44. The number of hydrogen-bond donors (Lipinski definition) is 4. The number of alkyl halides is 3. The number of aromatic nitrogens is 2. The normalized spacial score (nSPS) is 21.2. The number of rotatable bonds is 3. The van der Waals surface area contributed by atoms with Gasteiger partial charge in [0.1, 0.15) is 17.0 Å². The van der Waals surface area contributed by atoms with Crippen molar-refractivity contribution in [3.8, 4) is 0 Å². The van der Waals surface area contributed by atoms with Gasteiger partial charge in [-0.1, -0.05) is 6.07 Å². The summed E-state index contributed by atoms with van der Waals surface area (Å²) >= 11 is 0. The average Bonchev–Trinajstić information content (AvgIpc) is 3.21. The molecule has 2 aliphatic rings. The van der Waals surface area contributed by atoms with Crippen molar-refractivity contribution in [2.24, 2.45) is 10.7 Å². The summed E-state index contributed by atoms with van der Waals surface area (Å²) in [6.07, 6.45) is -1.72. The van der Waals surface area contributed by atoms with Crippen molar-refractivity contribution in [3.05, 3.63) is 63.9 Å². The summed E-state index contributed by atoms with van der Waals surface area (Å²) in [6, 6.07) is 6.00. The van der Waals surface area contributed by atoms with Crippen molar-refractivity contribution in [3.63, 3.8) is 0 Å². The summed E-state index contributed by atoms with van der Waals surface area (Å²) in [5.41, 5.74) is 6.79. The number of aromatic amines is 1. The van der Waals surface area contributed by atoms with Crippen LogP contribution in [0.5, 0.6) is 0 Å². The van der Waals surface area contributed by atoms with Gasteiger partial charge in [0.15, 0.2) is 5.58 Å². The number of fused-ring (bicyclic) bond motifs is 1. The van der Waals surface area contributed by atoms with Gasteiger partial charge in [-0.25, -0.2) is 14.8 Å². The number of benzene rings is 1. The number of pyridine rings is 1. The van der Waals surface area contributed by atoms with E-state index in [0.29, 0.717) is 48.4 Å². The van der Waals surface area contributed by atoms with E-state index >= 15 is 0 Å². The minimum Gasteiger partial charge on any atom is -0.408 e. The molecule has 0 spiro atoms. The molecule has 0 radical (unpaired) electrons. The number of hydrogen-bond acceptors (Lipinski definition) is 9. The summed E-state index contributed by atoms with van der Waals surface area (Å²) in [6.45, 7) is 3.99. The number of nitrogens with one attached hydrogen (secondary N) is 3. The first-order chi connectivity index (χ1) is 17.0. The molecule has 36 heavy (non-hydrogen) atoms. The van der Waals surface area contributed by atoms with Crippen LogP contribution in [0.25, 0.3) is 11.1 Å². The highest BCUT2D eigenvalue weighted by Gasteiger charge is 2.38. The fourth-order valence-electron chi connectivity index (χ4n) is 4.28. The van der Waals surface area contributed by atoms with E-state index in [9.17, 15) is 18.0 Å². The fourth-order valence-corrected chi connectivity index (χ4v) is 4.28. The molecule has 1 atom stereocenters. The van der Waals surface area contributed by atoms with Gasteiger partial charge in [-0.05, 0) is 43.3 Å². The highest BCUT2D eigenvalue weighted by atomic mass is 19.4. The largest absolute Gasteiger partial charge is 0.420 e. The molecule has 2 aromatic heterocycles. The molecule has 0 bridgehead atoms. The number of piperazine rings is 1. The Labute approximate surface area is 203 Å². The number of guanidine groups is 1. The van der Waals surface area contributed by atoms with Crippen LogP contribution in [0.3, 0.4) is 0 Å². The predicted molar refractivity (Wildman–Crippen MR) is 130 cm³/mol. The summed E-state index contributed by atoms with van der Waals surface area (Å²) in [5, 5.41) is 5.92. The molecule has 190 valence electrons. The summed E-state index contributed by atoms with van der Waals surface area (Å²) in [7, 11) is 1.93. The van der Waals surface area contributed by atoms with Crippen LogP contribution in [0.1, 0.15) is 18.1 Å². The van der Waals surface area contributed by atoms with Gasteiger partial charge in [-0.3, -0.25) is 4.98 Å². The van der Waals surface area contributed by atoms with Gasteiger partial charge in [0, 0.05) is 32.4 Å². The number of halogens is 3. The molecular formula is C23H25F3N8O2. The van der Waals surface area contributed by atoms with E-state index in [1.807, 2.05) is 7.05 Å². The zero-order valence-corrected chi connectivity index (χ0v) is 19.6. The van der Waals surface area contributed by atoms with Crippen LogP contribution >= 0.6 is 0 Å². The minimum atomic E-state index is -4.59. The van der Waals surface area contributed by atoms with Crippen molar-refractivity contribution < 1.29 is 17.6 Å². The van der Waals surface area contributed by atoms with Crippen LogP contribution in [0.2, 0.25) is 0 Å². The first-order valence-corrected chi connectivity index (χ1v) is 11.3. The predicted octanol–water partition coefficient (Wildman–Crippen LogP) is 2.37. The van der Waals surface area contributed by atoms with Crippen LogP contribution in [0.4, 0.5) is 24.7 Å². The maximum atomic E-state index is 14.0. The van der Waals surface area contributed by atoms with Gasteiger partial charge in [0.2, 0.25) is 5.96 Å². The first-order valence-electron chi connectivity index (χ1n) is 11.3. The third-order valence-corrected chi connectivity index (χ3v) is 6.44. The molecule has 2 aliphatic heterocycles. The minimum absolute atomic E-state index is 0.0917. The summed E-state index contributed by atoms with van der Waals surface area (Å²) < 4.78 is 46.9. The number of nitrogens with zero attached hydrogens (tertiary/aromatic N) is 4. The number of oxazole rings is 1. The lowest BCUT2D eigenvalue weighted by atomic mass is 9.92. The van der Waals surface area contributed by atoms with Gasteiger partial charge in [-0.15, -0.1) is 0 Å². The van der Waals surface area contributed by atoms with Crippen LogP contribution in [-0.2, 0) is 11.8 Å². The molecule has 1 saturated heterocycles. The number of nitrogens with two attached hydrogens (primary N) is 1. The zero-order chi connectivity index (χ0) is 25.7. The standard InChI is InChI=1S/C23H25F3N8O2/c1-13-11-29-20(32-22(13,27)14-3-4-18-17(9-14)31-21(35)36-18)30-15-10-16(23(24,25)26)19(28-12-15)34-7-5-33(2)6-8-34/h3-4,9-12H,5-8,27H2,1-2H3,(H,31,35)(H2,29,30,32). The van der Waals surface area contributed by atoms with E-state index in [-0.39, 0.29) is 17.5 Å². The van der Waals surface area contributed by atoms with Crippen molar-refractivity contribution in [2.45, 2.75) is 18.8 Å². The molecule has 4 heterocycles. The second-order valence-electron chi connectivity index (χ2n) is 8.96. The number of anilines is 2. The van der Waals surface area contributed by atoms with Gasteiger partial charge >= 0.3 is 11.9 Å². The van der Waals surface area contributed by atoms with E-state index < -0.39 is 23.2 Å². The van der Waals surface area contributed by atoms with Gasteiger partial charge < -0.3 is 30.6 Å². The monoisotopic (exact) mass is 502 g/mol. The van der Waals surface area contributed by atoms with Crippen molar-refractivity contribution in [2.75, 3.05) is 43.4 Å². The van der Waals surface area contributed by atoms with Crippen LogP contribution in [-0.4, -0.2) is 54.1 Å². The van der Waals surface area contributed by atoms with Crippen molar-refractivity contribution in [1.82, 2.24) is 20.2 Å². The van der Waals surface area contributed by atoms with Crippen LogP contribution in [0, 0.1) is 0 Å². The Hall–Kier alpha value is -3.84. The maximum Gasteiger partial charge on any atom is 0.420 e. The molecule has 1 fully saturated rings. The SMILES string of the molecule is CC1=CN=C(Nc2cnc(N3CCN(C)CC3)c(C(F)(F)F)c2)NC1(N)c1ccc2oc(=O)[nH]c2c1. The fraction of sp³-hybridized carbons (Fsp3) is 0.348. The molecule has 1 unspecified atom stereocenters. The van der Waals surface area contributed by atoms with Crippen LogP contribution in [0.15, 0.2) is 56.4 Å². The Morgan fingerprint density at radius 3 is 2.67 bits per heavy atom. The molecule has 3 aromatic rings. The topological polar surface area (TPSA) is 128 Å². The highest BCUT2D eigenvalue weighted by Crippen LogP contribution is 2.37. The summed E-state index contributed by atoms with van der Waals surface area (Å²) in [5.74, 6) is -0.536. The Morgan fingerprint density at radius 2 is 1.94 bits per heavy atom. The number of H-pyrrole nitrogens is 1. The Balaban J connectivity index is 1.42. The van der Waals surface area contributed by atoms with Crippen LogP contribution < -0.4 is 27.0 Å². The molecule has 5 N–H and O–H groups in total. The average molecular weight is 503 g/mol. The Morgan fingerprint density at radius 1 is 1.19 bits per heavy atom. The second kappa shape index (κ2) is 8.68. The third kappa shape index (κ3) is 4.42. The smallest absolute Gasteiger partial charge is 0.408 e. The highest BCUT2D eigenvalue weighted by molar-refractivity contribution is 5.95. The Kier molecular flexibility index (Phi) is 5.75. The lowest BCUT2D eigenvalue weighted by Crippen LogP contribution is -2.57. The molecule has 13 heteroatoms. The number of aliphatic imine (C=N–C) groups is 1. The molecule has 1 aromatic carbocycles. The van der Waals surface area contributed by atoms with Gasteiger partial charge in [0.25, 0.3) is 0 Å². The maximum absolute atomic E-state index is 14.0. The lowest BCUT2D eigenvalue weighted by molar-refractivity contribution is -0.137.